The van der Waals surface area contributed by atoms with E-state index in [9.17, 15) is 14.9 Å². The van der Waals surface area contributed by atoms with Crippen LogP contribution in [0.4, 0.5) is 11.4 Å². The number of hydrazone groups is 1. The van der Waals surface area contributed by atoms with E-state index in [1.807, 2.05) is 53.2 Å². The summed E-state index contributed by atoms with van der Waals surface area (Å²) in [5.74, 6) is -0.194. The number of amides is 1. The van der Waals surface area contributed by atoms with Gasteiger partial charge < -0.3 is 4.57 Å². The number of para-hydroxylation sites is 1. The SMILES string of the molecule is CC1=NN(c2ccccc2)C(=O)C1=Cc1cccn1-c1ccc([N+](=O)[O-])cc1. The summed E-state index contributed by atoms with van der Waals surface area (Å²) < 4.78 is 1.86. The topological polar surface area (TPSA) is 80.7 Å². The maximum absolute atomic E-state index is 12.9. The first-order valence-electron chi connectivity index (χ1n) is 8.63. The Hall–Kier alpha value is -4.00. The number of nitro groups is 1. The summed E-state index contributed by atoms with van der Waals surface area (Å²) in [5.41, 5.74) is 3.42. The molecule has 1 aliphatic rings. The number of hydrogen-bond acceptors (Lipinski definition) is 4. The van der Waals surface area contributed by atoms with E-state index in [0.29, 0.717) is 17.0 Å². The molecular formula is C21H16N4O3. The highest BCUT2D eigenvalue weighted by Gasteiger charge is 2.28. The maximum Gasteiger partial charge on any atom is 0.280 e. The lowest BCUT2D eigenvalue weighted by Crippen LogP contribution is -2.21. The highest BCUT2D eigenvalue weighted by Crippen LogP contribution is 2.26. The molecule has 138 valence electrons. The lowest BCUT2D eigenvalue weighted by atomic mass is 10.1. The minimum Gasteiger partial charge on any atom is -0.317 e. The van der Waals surface area contributed by atoms with Crippen LogP contribution in [0.5, 0.6) is 0 Å². The van der Waals surface area contributed by atoms with E-state index in [0.717, 1.165) is 11.4 Å². The monoisotopic (exact) mass is 372 g/mol. The second kappa shape index (κ2) is 6.96. The average molecular weight is 372 g/mol. The third kappa shape index (κ3) is 3.09. The van der Waals surface area contributed by atoms with E-state index in [-0.39, 0.29) is 11.6 Å². The number of carbonyl (C=O) groups excluding carboxylic acids is 1. The Kier molecular flexibility index (Phi) is 4.33. The smallest absolute Gasteiger partial charge is 0.280 e. The van der Waals surface area contributed by atoms with Crippen molar-refractivity contribution in [2.45, 2.75) is 6.92 Å². The van der Waals surface area contributed by atoms with Crippen LogP contribution in [0, 0.1) is 10.1 Å². The zero-order valence-corrected chi connectivity index (χ0v) is 15.0. The molecule has 2 heterocycles. The van der Waals surface area contributed by atoms with Crippen LogP contribution in [0.3, 0.4) is 0 Å². The zero-order chi connectivity index (χ0) is 19.7. The lowest BCUT2D eigenvalue weighted by molar-refractivity contribution is -0.384. The van der Waals surface area contributed by atoms with Crippen LogP contribution in [-0.4, -0.2) is 21.1 Å². The fourth-order valence-electron chi connectivity index (χ4n) is 3.06. The first-order valence-corrected chi connectivity index (χ1v) is 8.63. The van der Waals surface area contributed by atoms with Crippen molar-refractivity contribution in [2.24, 2.45) is 5.10 Å². The van der Waals surface area contributed by atoms with E-state index in [1.165, 1.54) is 17.1 Å². The first-order chi connectivity index (χ1) is 13.5. The summed E-state index contributed by atoms with van der Waals surface area (Å²) in [6, 6.07) is 19.2. The number of nitrogens with zero attached hydrogens (tertiary/aromatic N) is 4. The fourth-order valence-corrected chi connectivity index (χ4v) is 3.06. The summed E-state index contributed by atoms with van der Waals surface area (Å²) in [7, 11) is 0. The number of benzene rings is 2. The molecular weight excluding hydrogens is 356 g/mol. The number of non-ortho nitro benzene ring substituents is 1. The van der Waals surface area contributed by atoms with Crippen LogP contribution in [0.1, 0.15) is 12.6 Å². The van der Waals surface area contributed by atoms with Gasteiger partial charge in [0, 0.05) is 29.7 Å². The molecule has 0 unspecified atom stereocenters. The maximum atomic E-state index is 12.9. The highest BCUT2D eigenvalue weighted by atomic mass is 16.6. The molecule has 0 aliphatic carbocycles. The number of anilines is 1. The molecule has 0 bridgehead atoms. The molecule has 0 saturated heterocycles. The Morgan fingerprint density at radius 1 is 0.964 bits per heavy atom. The predicted molar refractivity (Wildman–Crippen MR) is 107 cm³/mol. The van der Waals surface area contributed by atoms with E-state index in [4.69, 9.17) is 0 Å². The van der Waals surface area contributed by atoms with Crippen LogP contribution in [0.15, 0.2) is 83.6 Å². The minimum absolute atomic E-state index is 0.0308. The highest BCUT2D eigenvalue weighted by molar-refractivity contribution is 6.32. The van der Waals surface area contributed by atoms with Gasteiger partial charge in [0.15, 0.2) is 0 Å². The second-order valence-corrected chi connectivity index (χ2v) is 6.27. The van der Waals surface area contributed by atoms with Gasteiger partial charge in [-0.2, -0.15) is 10.1 Å². The van der Waals surface area contributed by atoms with Gasteiger partial charge in [-0.25, -0.2) is 0 Å². The van der Waals surface area contributed by atoms with Crippen LogP contribution in [-0.2, 0) is 4.79 Å². The molecule has 0 atom stereocenters. The van der Waals surface area contributed by atoms with E-state index in [2.05, 4.69) is 5.10 Å². The summed E-state index contributed by atoms with van der Waals surface area (Å²) in [5, 5.41) is 16.6. The van der Waals surface area contributed by atoms with Crippen molar-refractivity contribution in [2.75, 3.05) is 5.01 Å². The Morgan fingerprint density at radius 3 is 2.36 bits per heavy atom. The van der Waals surface area contributed by atoms with Crippen molar-refractivity contribution >= 4 is 29.1 Å². The van der Waals surface area contributed by atoms with Crippen molar-refractivity contribution in [3.8, 4) is 5.69 Å². The summed E-state index contributed by atoms with van der Waals surface area (Å²) in [4.78, 5) is 23.3. The molecule has 2 aromatic carbocycles. The number of carbonyl (C=O) groups is 1. The van der Waals surface area contributed by atoms with Crippen molar-refractivity contribution in [3.63, 3.8) is 0 Å². The van der Waals surface area contributed by atoms with Gasteiger partial charge in [0.25, 0.3) is 11.6 Å². The fraction of sp³-hybridized carbons (Fsp3) is 0.0476. The third-order valence-electron chi connectivity index (χ3n) is 4.47. The van der Waals surface area contributed by atoms with Crippen molar-refractivity contribution in [3.05, 3.63) is 94.3 Å². The van der Waals surface area contributed by atoms with Crippen LogP contribution in [0.2, 0.25) is 0 Å². The van der Waals surface area contributed by atoms with Gasteiger partial charge in [-0.05, 0) is 49.4 Å². The van der Waals surface area contributed by atoms with Crippen molar-refractivity contribution < 1.29 is 9.72 Å². The van der Waals surface area contributed by atoms with Crippen molar-refractivity contribution in [1.29, 1.82) is 0 Å². The molecule has 1 amide bonds. The molecule has 4 rings (SSSR count). The van der Waals surface area contributed by atoms with E-state index in [1.54, 1.807) is 25.1 Å². The molecule has 1 aliphatic heterocycles. The van der Waals surface area contributed by atoms with Gasteiger partial charge in [0.05, 0.1) is 21.9 Å². The molecule has 0 N–H and O–H groups in total. The number of nitro benzene ring substituents is 1. The predicted octanol–water partition coefficient (Wildman–Crippen LogP) is 4.19. The van der Waals surface area contributed by atoms with Gasteiger partial charge in [-0.1, -0.05) is 18.2 Å². The zero-order valence-electron chi connectivity index (χ0n) is 15.0. The number of rotatable bonds is 4. The Bertz CT molecular complexity index is 1110. The normalized spacial score (nSPS) is 15.2. The summed E-state index contributed by atoms with van der Waals surface area (Å²) in [6.07, 6.45) is 3.62. The van der Waals surface area contributed by atoms with E-state index >= 15 is 0 Å². The van der Waals surface area contributed by atoms with Gasteiger partial charge in [0.1, 0.15) is 0 Å². The Labute approximate surface area is 161 Å². The molecule has 28 heavy (non-hydrogen) atoms. The lowest BCUT2D eigenvalue weighted by Gasteiger charge is -2.11. The summed E-state index contributed by atoms with van der Waals surface area (Å²) in [6.45, 7) is 1.80. The first kappa shape index (κ1) is 17.4. The molecule has 7 heteroatoms. The summed E-state index contributed by atoms with van der Waals surface area (Å²) >= 11 is 0. The van der Waals surface area contributed by atoms with Crippen molar-refractivity contribution in [1.82, 2.24) is 4.57 Å². The largest absolute Gasteiger partial charge is 0.317 e. The average Bonchev–Trinajstić information content (AvgIpc) is 3.29. The van der Waals surface area contributed by atoms with Gasteiger partial charge in [-0.3, -0.25) is 14.9 Å². The molecule has 0 radical (unpaired) electrons. The molecule has 0 fully saturated rings. The van der Waals surface area contributed by atoms with Crippen LogP contribution >= 0.6 is 0 Å². The second-order valence-electron chi connectivity index (χ2n) is 6.27. The molecule has 3 aromatic rings. The Balaban J connectivity index is 1.67. The molecule has 0 saturated carbocycles. The molecule has 7 nitrogen and oxygen atoms in total. The third-order valence-corrected chi connectivity index (χ3v) is 4.47. The number of aromatic nitrogens is 1. The van der Waals surface area contributed by atoms with Gasteiger partial charge in [0.2, 0.25) is 0 Å². The quantitative estimate of drug-likeness (QED) is 0.391. The van der Waals surface area contributed by atoms with Gasteiger partial charge >= 0.3 is 0 Å². The molecule has 0 spiro atoms. The Morgan fingerprint density at radius 2 is 1.68 bits per heavy atom. The van der Waals surface area contributed by atoms with Crippen LogP contribution < -0.4 is 5.01 Å². The van der Waals surface area contributed by atoms with Gasteiger partial charge in [-0.15, -0.1) is 0 Å². The number of hydrogen-bond donors (Lipinski definition) is 0. The van der Waals surface area contributed by atoms with Crippen LogP contribution in [0.25, 0.3) is 11.8 Å². The standard InChI is InChI=1S/C21H16N4O3/c1-15-20(21(26)24(22-15)17-6-3-2-4-7-17)14-19-8-5-13-23(19)16-9-11-18(12-10-16)25(27)28/h2-14H,1H3. The molecule has 1 aromatic heterocycles. The van der Waals surface area contributed by atoms with E-state index < -0.39 is 4.92 Å². The minimum atomic E-state index is -0.433.